The Morgan fingerprint density at radius 3 is 2.43 bits per heavy atom. The number of anilines is 1. The van der Waals surface area contributed by atoms with Gasteiger partial charge in [-0.3, -0.25) is 9.59 Å². The van der Waals surface area contributed by atoms with Gasteiger partial charge < -0.3 is 10.6 Å². The molecule has 2 amide bonds. The molecule has 1 unspecified atom stereocenters. The average Bonchev–Trinajstić information content (AvgIpc) is 2.68. The Morgan fingerprint density at radius 1 is 1.04 bits per heavy atom. The third-order valence-electron chi connectivity index (χ3n) is 5.36. The number of benzene rings is 2. The first-order valence-corrected chi connectivity index (χ1v) is 10.3. The minimum absolute atomic E-state index is 0.194. The molecule has 0 aromatic heterocycles. The minimum atomic E-state index is -0.703. The highest BCUT2D eigenvalue weighted by Crippen LogP contribution is 2.28. The molecule has 0 spiro atoms. The van der Waals surface area contributed by atoms with E-state index in [4.69, 9.17) is 11.6 Å². The van der Waals surface area contributed by atoms with Gasteiger partial charge in [-0.15, -0.1) is 0 Å². The lowest BCUT2D eigenvalue weighted by Gasteiger charge is -2.21. The maximum Gasteiger partial charge on any atom is 0.313 e. The molecule has 0 bridgehead atoms. The van der Waals surface area contributed by atoms with Crippen LogP contribution in [0.2, 0.25) is 5.02 Å². The summed E-state index contributed by atoms with van der Waals surface area (Å²) in [6.07, 6.45) is 5.36. The molecule has 0 heterocycles. The zero-order chi connectivity index (χ0) is 20.3. The van der Waals surface area contributed by atoms with E-state index in [2.05, 4.69) is 28.8 Å². The second kappa shape index (κ2) is 8.78. The number of fused-ring (bicyclic) bond motifs is 1. The zero-order valence-electron chi connectivity index (χ0n) is 16.7. The van der Waals surface area contributed by atoms with Crippen LogP contribution >= 0.6 is 11.6 Å². The topological polar surface area (TPSA) is 58.2 Å². The van der Waals surface area contributed by atoms with Crippen LogP contribution in [0.4, 0.5) is 5.69 Å². The van der Waals surface area contributed by atoms with E-state index in [9.17, 15) is 9.59 Å². The number of carbonyl (C=O) groups is 2. The highest BCUT2D eigenvalue weighted by atomic mass is 35.5. The molecule has 0 radical (unpaired) electrons. The van der Waals surface area contributed by atoms with Crippen LogP contribution in [0.5, 0.6) is 0 Å². The van der Waals surface area contributed by atoms with Crippen molar-refractivity contribution >= 4 is 29.1 Å². The molecular weight excluding hydrogens is 372 g/mol. The van der Waals surface area contributed by atoms with E-state index in [1.54, 1.807) is 6.07 Å². The van der Waals surface area contributed by atoms with Gasteiger partial charge in [-0.05, 0) is 79.8 Å². The van der Waals surface area contributed by atoms with Crippen LogP contribution in [0.15, 0.2) is 30.3 Å². The lowest BCUT2D eigenvalue weighted by Crippen LogP contribution is -2.38. The predicted molar refractivity (Wildman–Crippen MR) is 114 cm³/mol. The number of carbonyl (C=O) groups excluding carboxylic acids is 2. The highest BCUT2D eigenvalue weighted by molar-refractivity contribution is 6.41. The number of rotatable bonds is 4. The highest BCUT2D eigenvalue weighted by Gasteiger charge is 2.21. The van der Waals surface area contributed by atoms with Gasteiger partial charge in [0, 0.05) is 0 Å². The van der Waals surface area contributed by atoms with Crippen LogP contribution in [0.1, 0.15) is 60.0 Å². The molecule has 1 aliphatic rings. The van der Waals surface area contributed by atoms with Crippen molar-refractivity contribution in [2.45, 2.75) is 58.9 Å². The average molecular weight is 399 g/mol. The van der Waals surface area contributed by atoms with Gasteiger partial charge in [0.05, 0.1) is 16.8 Å². The smallest absolute Gasteiger partial charge is 0.313 e. The summed E-state index contributed by atoms with van der Waals surface area (Å²) in [7, 11) is 0. The van der Waals surface area contributed by atoms with Crippen molar-refractivity contribution < 1.29 is 9.59 Å². The molecule has 2 aromatic rings. The van der Waals surface area contributed by atoms with Crippen LogP contribution in [0.3, 0.4) is 0 Å². The molecule has 2 aromatic carbocycles. The van der Waals surface area contributed by atoms with Crippen LogP contribution < -0.4 is 10.6 Å². The van der Waals surface area contributed by atoms with E-state index in [1.165, 1.54) is 24.0 Å². The van der Waals surface area contributed by atoms with E-state index in [0.29, 0.717) is 17.1 Å². The molecular formula is C23H27ClN2O2. The van der Waals surface area contributed by atoms with Crippen LogP contribution in [0.25, 0.3) is 0 Å². The number of aryl methyl sites for hydroxylation is 4. The van der Waals surface area contributed by atoms with Crippen molar-refractivity contribution in [2.75, 3.05) is 5.32 Å². The first-order chi connectivity index (χ1) is 13.4. The van der Waals surface area contributed by atoms with E-state index in [0.717, 1.165) is 29.5 Å². The fourth-order valence-corrected chi connectivity index (χ4v) is 4.23. The van der Waals surface area contributed by atoms with Gasteiger partial charge in [-0.2, -0.15) is 0 Å². The number of amides is 2. The molecule has 1 atom stereocenters. The maximum atomic E-state index is 12.5. The maximum absolute atomic E-state index is 12.5. The summed E-state index contributed by atoms with van der Waals surface area (Å²) in [6, 6.07) is 9.90. The van der Waals surface area contributed by atoms with Gasteiger partial charge in [-0.25, -0.2) is 0 Å². The van der Waals surface area contributed by atoms with Gasteiger partial charge >= 0.3 is 11.8 Å². The molecule has 2 N–H and O–H groups in total. The standard InChI is InChI=1S/C23H27ClN2O2/c1-4-20(18-10-9-16-7-5-6-8-17(16)13-18)25-22(27)23(28)26-21-15(3)11-14(2)12-19(21)24/h9-13,20H,4-8H2,1-3H3,(H,25,27)(H,26,28). The monoisotopic (exact) mass is 398 g/mol. The summed E-state index contributed by atoms with van der Waals surface area (Å²) in [5.41, 5.74) is 6.13. The quantitative estimate of drug-likeness (QED) is 0.708. The predicted octanol–water partition coefficient (Wildman–Crippen LogP) is 5.04. The molecule has 0 saturated carbocycles. The van der Waals surface area contributed by atoms with Crippen LogP contribution in [-0.4, -0.2) is 11.8 Å². The van der Waals surface area contributed by atoms with Crippen LogP contribution in [-0.2, 0) is 22.4 Å². The Morgan fingerprint density at radius 2 is 1.75 bits per heavy atom. The first kappa shape index (κ1) is 20.4. The van der Waals surface area contributed by atoms with E-state index < -0.39 is 11.8 Å². The van der Waals surface area contributed by atoms with E-state index in [-0.39, 0.29) is 6.04 Å². The summed E-state index contributed by atoms with van der Waals surface area (Å²) in [5, 5.41) is 5.95. The summed E-state index contributed by atoms with van der Waals surface area (Å²) in [5.74, 6) is -1.36. The second-order valence-corrected chi connectivity index (χ2v) is 7.97. The summed E-state index contributed by atoms with van der Waals surface area (Å²) in [6.45, 7) is 5.79. The van der Waals surface area contributed by atoms with E-state index in [1.807, 2.05) is 26.8 Å². The van der Waals surface area contributed by atoms with Crippen molar-refractivity contribution in [1.82, 2.24) is 5.32 Å². The molecule has 1 aliphatic carbocycles. The Balaban J connectivity index is 1.71. The summed E-state index contributed by atoms with van der Waals surface area (Å²) < 4.78 is 0. The second-order valence-electron chi connectivity index (χ2n) is 7.56. The van der Waals surface area contributed by atoms with Crippen molar-refractivity contribution in [3.8, 4) is 0 Å². The third kappa shape index (κ3) is 4.56. The fourth-order valence-electron chi connectivity index (χ4n) is 3.86. The molecule has 0 saturated heterocycles. The Hall–Kier alpha value is -2.33. The first-order valence-electron chi connectivity index (χ1n) is 9.89. The normalized spacial score (nSPS) is 14.1. The fraction of sp³-hybridized carbons (Fsp3) is 0.391. The molecule has 0 fully saturated rings. The molecule has 3 rings (SSSR count). The van der Waals surface area contributed by atoms with Gasteiger partial charge in [0.25, 0.3) is 0 Å². The number of hydrogen-bond donors (Lipinski definition) is 2. The van der Waals surface area contributed by atoms with Crippen molar-refractivity contribution in [3.63, 3.8) is 0 Å². The lowest BCUT2D eigenvalue weighted by atomic mass is 9.89. The lowest BCUT2D eigenvalue weighted by molar-refractivity contribution is -0.136. The van der Waals surface area contributed by atoms with Crippen molar-refractivity contribution in [3.05, 3.63) is 63.2 Å². The van der Waals surface area contributed by atoms with Gasteiger partial charge in [-0.1, -0.05) is 42.8 Å². The SMILES string of the molecule is CCC(NC(=O)C(=O)Nc1c(C)cc(C)cc1Cl)c1ccc2c(c1)CCCC2. The Kier molecular flexibility index (Phi) is 6.40. The third-order valence-corrected chi connectivity index (χ3v) is 5.66. The number of hydrogen-bond acceptors (Lipinski definition) is 2. The Labute approximate surface area is 171 Å². The Bertz CT molecular complexity index is 884. The van der Waals surface area contributed by atoms with Gasteiger partial charge in [0.2, 0.25) is 0 Å². The van der Waals surface area contributed by atoms with E-state index >= 15 is 0 Å². The largest absolute Gasteiger partial charge is 0.341 e. The molecule has 148 valence electrons. The molecule has 5 heteroatoms. The number of nitrogens with one attached hydrogen (secondary N) is 2. The van der Waals surface area contributed by atoms with Crippen LogP contribution in [0, 0.1) is 13.8 Å². The summed E-state index contributed by atoms with van der Waals surface area (Å²) in [4.78, 5) is 24.9. The van der Waals surface area contributed by atoms with Gasteiger partial charge in [0.1, 0.15) is 0 Å². The molecule has 4 nitrogen and oxygen atoms in total. The minimum Gasteiger partial charge on any atom is -0.341 e. The van der Waals surface area contributed by atoms with Crippen molar-refractivity contribution in [2.24, 2.45) is 0 Å². The molecule has 28 heavy (non-hydrogen) atoms. The molecule has 0 aliphatic heterocycles. The van der Waals surface area contributed by atoms with Crippen molar-refractivity contribution in [1.29, 1.82) is 0 Å². The number of halogens is 1. The zero-order valence-corrected chi connectivity index (χ0v) is 17.5. The summed E-state index contributed by atoms with van der Waals surface area (Å²) >= 11 is 6.23. The van der Waals surface area contributed by atoms with Gasteiger partial charge in [0.15, 0.2) is 0 Å².